The number of aliphatic hydroxyl groups is 1. The highest BCUT2D eigenvalue weighted by Crippen LogP contribution is 2.39. The van der Waals surface area contributed by atoms with Crippen LogP contribution in [0, 0.1) is 0 Å². The first-order valence-electron chi connectivity index (χ1n) is 4.86. The number of nitrogens with two attached hydrogens (primary N) is 1. The van der Waals surface area contributed by atoms with Gasteiger partial charge in [-0.2, -0.15) is 0 Å². The summed E-state index contributed by atoms with van der Waals surface area (Å²) in [5.74, 6) is 1.51. The van der Waals surface area contributed by atoms with Crippen LogP contribution in [-0.2, 0) is 0 Å². The van der Waals surface area contributed by atoms with Gasteiger partial charge >= 0.3 is 0 Å². The van der Waals surface area contributed by atoms with E-state index >= 15 is 0 Å². The van der Waals surface area contributed by atoms with E-state index in [1.807, 2.05) is 0 Å². The van der Waals surface area contributed by atoms with Crippen LogP contribution >= 0.6 is 12.4 Å². The molecule has 0 heterocycles. The molecule has 0 fully saturated rings. The SMILES string of the molecule is COc1cc(C(O)CN)cc(OC)c1OC.Cl. The van der Waals surface area contributed by atoms with Gasteiger partial charge in [0.25, 0.3) is 0 Å². The van der Waals surface area contributed by atoms with Gasteiger partial charge in [-0.25, -0.2) is 0 Å². The van der Waals surface area contributed by atoms with Gasteiger partial charge in [-0.15, -0.1) is 12.4 Å². The smallest absolute Gasteiger partial charge is 0.203 e. The number of ether oxygens (including phenoxy) is 3. The van der Waals surface area contributed by atoms with Crippen molar-refractivity contribution in [1.82, 2.24) is 0 Å². The zero-order valence-electron chi connectivity index (χ0n) is 10.1. The van der Waals surface area contributed by atoms with Crippen molar-refractivity contribution in [3.63, 3.8) is 0 Å². The number of benzene rings is 1. The first-order chi connectivity index (χ1) is 7.67. The summed E-state index contributed by atoms with van der Waals surface area (Å²) in [6.07, 6.45) is -0.742. The lowest BCUT2D eigenvalue weighted by Crippen LogP contribution is -2.12. The van der Waals surface area contributed by atoms with Crippen molar-refractivity contribution >= 4 is 12.4 Å². The number of halogens is 1. The zero-order chi connectivity index (χ0) is 12.1. The molecule has 5 nitrogen and oxygen atoms in total. The van der Waals surface area contributed by atoms with Gasteiger partial charge in [0.05, 0.1) is 27.4 Å². The van der Waals surface area contributed by atoms with Crippen molar-refractivity contribution in [3.05, 3.63) is 17.7 Å². The van der Waals surface area contributed by atoms with E-state index in [1.54, 1.807) is 12.1 Å². The van der Waals surface area contributed by atoms with Gasteiger partial charge in [0.2, 0.25) is 5.75 Å². The van der Waals surface area contributed by atoms with Gasteiger partial charge in [0.1, 0.15) is 0 Å². The third-order valence-electron chi connectivity index (χ3n) is 2.30. The molecule has 0 saturated heterocycles. The van der Waals surface area contributed by atoms with Crippen LogP contribution < -0.4 is 19.9 Å². The number of aliphatic hydroxyl groups excluding tert-OH is 1. The average molecular weight is 264 g/mol. The summed E-state index contributed by atoms with van der Waals surface area (Å²) < 4.78 is 15.5. The Hall–Kier alpha value is -1.17. The third-order valence-corrected chi connectivity index (χ3v) is 2.30. The molecule has 1 unspecified atom stereocenters. The maximum Gasteiger partial charge on any atom is 0.203 e. The fraction of sp³-hybridized carbons (Fsp3) is 0.455. The maximum atomic E-state index is 9.66. The molecule has 0 saturated carbocycles. The molecule has 0 spiro atoms. The van der Waals surface area contributed by atoms with Crippen molar-refractivity contribution in [1.29, 1.82) is 0 Å². The van der Waals surface area contributed by atoms with E-state index in [0.29, 0.717) is 22.8 Å². The molecular formula is C11H18ClNO4. The summed E-state index contributed by atoms with van der Waals surface area (Å²) in [6, 6.07) is 3.36. The summed E-state index contributed by atoms with van der Waals surface area (Å²) in [7, 11) is 4.57. The fourth-order valence-electron chi connectivity index (χ4n) is 1.43. The predicted octanol–water partition coefficient (Wildman–Crippen LogP) is 1.13. The second-order valence-corrected chi connectivity index (χ2v) is 3.21. The van der Waals surface area contributed by atoms with E-state index in [0.717, 1.165) is 0 Å². The molecule has 0 amide bonds. The molecule has 0 bridgehead atoms. The van der Waals surface area contributed by atoms with Gasteiger partial charge in [0.15, 0.2) is 11.5 Å². The largest absolute Gasteiger partial charge is 0.493 e. The monoisotopic (exact) mass is 263 g/mol. The van der Waals surface area contributed by atoms with Crippen LogP contribution in [0.4, 0.5) is 0 Å². The molecule has 3 N–H and O–H groups in total. The topological polar surface area (TPSA) is 73.9 Å². The highest BCUT2D eigenvalue weighted by atomic mass is 35.5. The number of rotatable bonds is 5. The molecule has 0 aromatic heterocycles. The molecule has 17 heavy (non-hydrogen) atoms. The van der Waals surface area contributed by atoms with E-state index < -0.39 is 6.10 Å². The standard InChI is InChI=1S/C11H17NO4.ClH/c1-14-9-4-7(8(13)6-12)5-10(15-2)11(9)16-3;/h4-5,8,13H,6,12H2,1-3H3;1H. The highest BCUT2D eigenvalue weighted by molar-refractivity contribution is 5.85. The predicted molar refractivity (Wildman–Crippen MR) is 67.4 cm³/mol. The van der Waals surface area contributed by atoms with Crippen molar-refractivity contribution in [2.45, 2.75) is 6.10 Å². The Labute approximate surface area is 107 Å². The molecule has 1 atom stereocenters. The number of hydrogen-bond donors (Lipinski definition) is 2. The van der Waals surface area contributed by atoms with Crippen LogP contribution in [0.3, 0.4) is 0 Å². The van der Waals surface area contributed by atoms with Gasteiger partial charge in [-0.1, -0.05) is 0 Å². The lowest BCUT2D eigenvalue weighted by Gasteiger charge is -2.16. The van der Waals surface area contributed by atoms with Crippen LogP contribution in [-0.4, -0.2) is 33.0 Å². The van der Waals surface area contributed by atoms with Crippen molar-refractivity contribution in [2.75, 3.05) is 27.9 Å². The molecular weight excluding hydrogens is 246 g/mol. The van der Waals surface area contributed by atoms with E-state index in [4.69, 9.17) is 19.9 Å². The molecule has 1 aromatic rings. The molecule has 0 radical (unpaired) electrons. The van der Waals surface area contributed by atoms with E-state index in [2.05, 4.69) is 0 Å². The maximum absolute atomic E-state index is 9.66. The Bertz CT molecular complexity index is 334. The lowest BCUT2D eigenvalue weighted by molar-refractivity contribution is 0.185. The summed E-state index contributed by atoms with van der Waals surface area (Å²) in [5, 5.41) is 9.66. The van der Waals surface area contributed by atoms with Gasteiger partial charge in [0, 0.05) is 6.54 Å². The summed E-state index contributed by atoms with van der Waals surface area (Å²) in [4.78, 5) is 0. The Morgan fingerprint density at radius 1 is 1.12 bits per heavy atom. The average Bonchev–Trinajstić information content (AvgIpc) is 2.35. The molecule has 1 aromatic carbocycles. The van der Waals surface area contributed by atoms with Gasteiger partial charge in [-0.05, 0) is 17.7 Å². The number of hydrogen-bond acceptors (Lipinski definition) is 5. The van der Waals surface area contributed by atoms with Crippen LogP contribution in [0.25, 0.3) is 0 Å². The van der Waals surface area contributed by atoms with Crippen LogP contribution in [0.5, 0.6) is 17.2 Å². The summed E-state index contributed by atoms with van der Waals surface area (Å²) in [6.45, 7) is 0.138. The second-order valence-electron chi connectivity index (χ2n) is 3.21. The quantitative estimate of drug-likeness (QED) is 0.833. The molecule has 98 valence electrons. The number of methoxy groups -OCH3 is 3. The van der Waals surface area contributed by atoms with E-state index in [-0.39, 0.29) is 19.0 Å². The molecule has 0 aliphatic heterocycles. The van der Waals surface area contributed by atoms with Crippen LogP contribution in [0.1, 0.15) is 11.7 Å². The Balaban J connectivity index is 0.00000256. The zero-order valence-corrected chi connectivity index (χ0v) is 10.9. The normalized spacial score (nSPS) is 11.4. The van der Waals surface area contributed by atoms with Gasteiger partial charge in [-0.3, -0.25) is 0 Å². The Morgan fingerprint density at radius 2 is 1.59 bits per heavy atom. The highest BCUT2D eigenvalue weighted by Gasteiger charge is 2.16. The molecule has 0 aliphatic carbocycles. The van der Waals surface area contributed by atoms with E-state index in [1.165, 1.54) is 21.3 Å². The van der Waals surface area contributed by atoms with Crippen molar-refractivity contribution in [2.24, 2.45) is 5.73 Å². The summed E-state index contributed by atoms with van der Waals surface area (Å²) >= 11 is 0. The minimum absolute atomic E-state index is 0. The Morgan fingerprint density at radius 3 is 1.88 bits per heavy atom. The fourth-order valence-corrected chi connectivity index (χ4v) is 1.43. The Kier molecular flexibility index (Phi) is 6.72. The first-order valence-corrected chi connectivity index (χ1v) is 4.86. The lowest BCUT2D eigenvalue weighted by atomic mass is 10.1. The first kappa shape index (κ1) is 15.8. The minimum Gasteiger partial charge on any atom is -0.493 e. The molecule has 6 heteroatoms. The third kappa shape index (κ3) is 3.39. The summed E-state index contributed by atoms with van der Waals surface area (Å²) in [5.41, 5.74) is 6.03. The van der Waals surface area contributed by atoms with Gasteiger partial charge < -0.3 is 25.1 Å². The second kappa shape index (κ2) is 7.21. The van der Waals surface area contributed by atoms with Crippen LogP contribution in [0.2, 0.25) is 0 Å². The van der Waals surface area contributed by atoms with Crippen molar-refractivity contribution < 1.29 is 19.3 Å². The molecule has 1 rings (SSSR count). The molecule has 0 aliphatic rings. The van der Waals surface area contributed by atoms with Crippen LogP contribution in [0.15, 0.2) is 12.1 Å². The van der Waals surface area contributed by atoms with Crippen molar-refractivity contribution in [3.8, 4) is 17.2 Å². The minimum atomic E-state index is -0.742. The van der Waals surface area contributed by atoms with E-state index in [9.17, 15) is 5.11 Å².